The van der Waals surface area contributed by atoms with Gasteiger partial charge in [0.25, 0.3) is 0 Å². The van der Waals surface area contributed by atoms with Crippen LogP contribution in [0, 0.1) is 0 Å². The highest BCUT2D eigenvalue weighted by molar-refractivity contribution is 5.82. The van der Waals surface area contributed by atoms with Crippen molar-refractivity contribution in [3.63, 3.8) is 0 Å². The summed E-state index contributed by atoms with van der Waals surface area (Å²) in [6.07, 6.45) is -1.03. The van der Waals surface area contributed by atoms with Gasteiger partial charge >= 0.3 is 11.9 Å². The zero-order valence-electron chi connectivity index (χ0n) is 21.9. The first kappa shape index (κ1) is 26.5. The summed E-state index contributed by atoms with van der Waals surface area (Å²) in [7, 11) is 1.98. The monoisotopic (exact) mass is 530 g/mol. The first-order valence-electron chi connectivity index (χ1n) is 12.9. The Morgan fingerprint density at radius 2 is 2.03 bits per heavy atom. The number of phenols is 1. The fourth-order valence-corrected chi connectivity index (χ4v) is 6.64. The second-order valence-electron chi connectivity index (χ2n) is 10.9. The number of phenolic OH excluding ortho intramolecular Hbond substituents is 1. The van der Waals surface area contributed by atoms with Crippen LogP contribution in [0.4, 0.5) is 0 Å². The van der Waals surface area contributed by atoms with Gasteiger partial charge in [0.15, 0.2) is 23.7 Å². The van der Waals surface area contributed by atoms with Crippen LogP contribution in [-0.4, -0.2) is 88.2 Å². The lowest BCUT2D eigenvalue weighted by atomic mass is 9.58. The zero-order chi connectivity index (χ0) is 27.6. The largest absolute Gasteiger partial charge is 0.504 e. The molecule has 0 saturated carbocycles. The van der Waals surface area contributed by atoms with Crippen molar-refractivity contribution < 1.29 is 43.9 Å². The van der Waals surface area contributed by atoms with Crippen molar-refractivity contribution in [1.82, 2.24) is 10.2 Å². The molecular formula is C27H34N2O9. The molecule has 0 aromatic heterocycles. The van der Waals surface area contributed by atoms with Gasteiger partial charge in [-0.05, 0) is 57.9 Å². The van der Waals surface area contributed by atoms with Crippen LogP contribution in [0.3, 0.4) is 0 Å². The number of amides is 1. The van der Waals surface area contributed by atoms with E-state index in [1.165, 1.54) is 13.8 Å². The molecule has 1 unspecified atom stereocenters. The molecule has 7 atom stereocenters. The van der Waals surface area contributed by atoms with E-state index in [4.69, 9.17) is 14.2 Å². The Morgan fingerprint density at radius 3 is 2.74 bits per heavy atom. The number of aliphatic hydroxyl groups is 2. The van der Waals surface area contributed by atoms with E-state index in [9.17, 15) is 29.7 Å². The predicted octanol–water partition coefficient (Wildman–Crippen LogP) is 0.593. The van der Waals surface area contributed by atoms with Gasteiger partial charge in [0.05, 0.1) is 17.4 Å². The maximum absolute atomic E-state index is 13.0. The lowest BCUT2D eigenvalue weighted by Crippen LogP contribution is -2.66. The van der Waals surface area contributed by atoms with Gasteiger partial charge in [0.1, 0.15) is 11.9 Å². The zero-order valence-corrected chi connectivity index (χ0v) is 21.9. The molecule has 4 aliphatic rings. The lowest BCUT2D eigenvalue weighted by Gasteiger charge is -2.52. The van der Waals surface area contributed by atoms with Crippen molar-refractivity contribution in [2.24, 2.45) is 0 Å². The fraction of sp³-hybridized carbons (Fsp3) is 0.593. The summed E-state index contributed by atoms with van der Waals surface area (Å²) in [4.78, 5) is 38.7. The Bertz CT molecular complexity index is 1210. The average Bonchev–Trinajstić information content (AvgIpc) is 3.36. The Labute approximate surface area is 220 Å². The molecule has 4 N–H and O–H groups in total. The number of carbonyl (C=O) groups excluding carboxylic acids is 3. The van der Waals surface area contributed by atoms with Gasteiger partial charge in [-0.2, -0.15) is 0 Å². The van der Waals surface area contributed by atoms with E-state index in [2.05, 4.69) is 10.2 Å². The minimum Gasteiger partial charge on any atom is -0.504 e. The highest BCUT2D eigenvalue weighted by atomic mass is 16.6. The van der Waals surface area contributed by atoms with Crippen molar-refractivity contribution in [1.29, 1.82) is 0 Å². The molecule has 1 fully saturated rings. The van der Waals surface area contributed by atoms with Gasteiger partial charge in [-0.3, -0.25) is 9.59 Å². The van der Waals surface area contributed by atoms with E-state index in [1.807, 2.05) is 20.0 Å². The number of fused-ring (bicyclic) bond motifs is 2. The van der Waals surface area contributed by atoms with Crippen molar-refractivity contribution in [2.75, 3.05) is 20.1 Å². The van der Waals surface area contributed by atoms with Crippen LogP contribution in [0.1, 0.15) is 57.1 Å². The molecule has 2 aliphatic heterocycles. The first-order valence-corrected chi connectivity index (χ1v) is 12.9. The van der Waals surface area contributed by atoms with Crippen LogP contribution < -0.4 is 10.1 Å². The summed E-state index contributed by atoms with van der Waals surface area (Å²) in [5.41, 5.74) is -0.349. The molecule has 0 radical (unpaired) electrons. The van der Waals surface area contributed by atoms with Crippen LogP contribution >= 0.6 is 0 Å². The number of benzene rings is 1. The summed E-state index contributed by atoms with van der Waals surface area (Å²) in [5, 5.41) is 34.5. The van der Waals surface area contributed by atoms with Crippen LogP contribution in [0.5, 0.6) is 11.5 Å². The van der Waals surface area contributed by atoms with Crippen molar-refractivity contribution in [3.8, 4) is 11.5 Å². The van der Waals surface area contributed by atoms with E-state index in [0.717, 1.165) is 17.7 Å². The average molecular weight is 531 g/mol. The van der Waals surface area contributed by atoms with Gasteiger partial charge < -0.3 is 39.7 Å². The Kier molecular flexibility index (Phi) is 6.44. The summed E-state index contributed by atoms with van der Waals surface area (Å²) in [5.74, 6) is -1.53. The third kappa shape index (κ3) is 3.78. The van der Waals surface area contributed by atoms with Crippen molar-refractivity contribution >= 4 is 17.8 Å². The number of likely N-dealkylation sites (tertiary alicyclic amines) is 1. The van der Waals surface area contributed by atoms with E-state index in [1.54, 1.807) is 12.1 Å². The number of aromatic hydroxyl groups is 1. The number of carbonyl (C=O) groups is 3. The van der Waals surface area contributed by atoms with E-state index in [-0.39, 0.29) is 42.9 Å². The topological polar surface area (TPSA) is 155 Å². The lowest BCUT2D eigenvalue weighted by molar-refractivity contribution is -0.167. The molecule has 2 aliphatic carbocycles. The highest BCUT2D eigenvalue weighted by Gasteiger charge is 2.72. The molecule has 1 saturated heterocycles. The van der Waals surface area contributed by atoms with Gasteiger partial charge in [-0.15, -0.1) is 0 Å². The number of nitrogens with zero attached hydrogens (tertiary/aromatic N) is 1. The molecular weight excluding hydrogens is 496 g/mol. The molecule has 1 aromatic rings. The summed E-state index contributed by atoms with van der Waals surface area (Å²) in [6.45, 7) is 5.35. The Hall–Kier alpha value is -3.15. The normalized spacial score (nSPS) is 32.3. The van der Waals surface area contributed by atoms with Crippen LogP contribution in [-0.2, 0) is 29.3 Å². The number of rotatable bonds is 7. The molecule has 1 spiro atoms. The van der Waals surface area contributed by atoms with E-state index >= 15 is 0 Å². The molecule has 1 amide bonds. The maximum Gasteiger partial charge on any atom is 0.352 e. The number of ether oxygens (including phenoxy) is 3. The SMILES string of the molecule is C[C@H](O)C(=O)NCCC(=O)O[C@@H](C)C(=O)OC1=CC[C@@]2(O)[C@@H](C)N(C)CC3C[C@@]24c2c3ccc(O)c2O[C@@H]14. The molecule has 2 heterocycles. The molecule has 2 bridgehead atoms. The molecule has 5 rings (SSSR count). The molecule has 11 nitrogen and oxygen atoms in total. The minimum atomic E-state index is -1.24. The third-order valence-electron chi connectivity index (χ3n) is 8.68. The number of likely N-dealkylation sites (N-methyl/N-ethyl adjacent to an activating group) is 1. The minimum absolute atomic E-state index is 0.0298. The number of esters is 2. The van der Waals surface area contributed by atoms with Crippen LogP contribution in [0.15, 0.2) is 24.0 Å². The number of aliphatic hydroxyl groups excluding tert-OH is 1. The Balaban J connectivity index is 1.35. The molecule has 206 valence electrons. The fourth-order valence-electron chi connectivity index (χ4n) is 6.64. The summed E-state index contributed by atoms with van der Waals surface area (Å²) in [6, 6.07) is 3.25. The highest BCUT2D eigenvalue weighted by Crippen LogP contribution is 2.68. The van der Waals surface area contributed by atoms with Crippen LogP contribution in [0.25, 0.3) is 0 Å². The van der Waals surface area contributed by atoms with Gasteiger partial charge in [-0.1, -0.05) is 6.07 Å². The first-order chi connectivity index (χ1) is 17.9. The number of hydrogen-bond acceptors (Lipinski definition) is 10. The summed E-state index contributed by atoms with van der Waals surface area (Å²) >= 11 is 0. The standard InChI is InChI=1S/C27H34N2O9/c1-13(30)24(33)28-10-8-20(32)36-14(2)25(34)37-19-7-9-27(35)15(3)29(4)12-16-11-26(27)21-17(16)5-6-18(31)22(21)38-23(19)26/h5-7,13-16,23,30-31,35H,8-12H2,1-4H3,(H,28,33)/t13-,14-,15+,16?,23-,26-,27+/m0/s1. The number of hydrogen-bond donors (Lipinski definition) is 4. The smallest absolute Gasteiger partial charge is 0.352 e. The quantitative estimate of drug-likeness (QED) is 0.368. The predicted molar refractivity (Wildman–Crippen MR) is 132 cm³/mol. The van der Waals surface area contributed by atoms with Gasteiger partial charge in [0.2, 0.25) is 5.91 Å². The third-order valence-corrected chi connectivity index (χ3v) is 8.68. The van der Waals surface area contributed by atoms with Crippen molar-refractivity contribution in [2.45, 2.75) is 81.3 Å². The molecule has 38 heavy (non-hydrogen) atoms. The van der Waals surface area contributed by atoms with Crippen molar-refractivity contribution in [3.05, 3.63) is 35.1 Å². The van der Waals surface area contributed by atoms with Crippen LogP contribution in [0.2, 0.25) is 0 Å². The maximum atomic E-state index is 13.0. The Morgan fingerprint density at radius 1 is 1.29 bits per heavy atom. The summed E-state index contributed by atoms with van der Waals surface area (Å²) < 4.78 is 17.2. The van der Waals surface area contributed by atoms with Gasteiger partial charge in [0, 0.05) is 31.1 Å². The molecule has 11 heteroatoms. The second kappa shape index (κ2) is 9.25. The van der Waals surface area contributed by atoms with E-state index in [0.29, 0.717) is 12.2 Å². The second-order valence-corrected chi connectivity index (χ2v) is 10.9. The number of nitrogens with one attached hydrogen (secondary N) is 1. The van der Waals surface area contributed by atoms with Gasteiger partial charge in [-0.25, -0.2) is 4.79 Å². The van der Waals surface area contributed by atoms with E-state index < -0.39 is 47.2 Å². The molecule has 1 aromatic carbocycles.